The molecule has 32 heavy (non-hydrogen) atoms. The van der Waals surface area contributed by atoms with Gasteiger partial charge in [0.05, 0.1) is 18.8 Å². The molecule has 4 saturated carbocycles. The second-order valence-electron chi connectivity index (χ2n) is 8.84. The van der Waals surface area contributed by atoms with E-state index in [4.69, 9.17) is 16.3 Å². The molecule has 0 spiro atoms. The fourth-order valence-electron chi connectivity index (χ4n) is 4.83. The first-order valence-corrected chi connectivity index (χ1v) is 10.6. The monoisotopic (exact) mass is 474 g/mol. The zero-order valence-electron chi connectivity index (χ0n) is 17.0. The quantitative estimate of drug-likeness (QED) is 0.416. The van der Waals surface area contributed by atoms with Crippen LogP contribution in [0.3, 0.4) is 0 Å². The summed E-state index contributed by atoms with van der Waals surface area (Å²) in [5.74, 6) is -0.549. The molecule has 2 amide bonds. The summed E-state index contributed by atoms with van der Waals surface area (Å²) in [5.41, 5.74) is -0.396. The van der Waals surface area contributed by atoms with Crippen LogP contribution in [-0.4, -0.2) is 65.8 Å². The third-order valence-corrected chi connectivity index (χ3v) is 6.68. The number of hydrogen-bond acceptors (Lipinski definition) is 5. The Labute approximate surface area is 187 Å². The van der Waals surface area contributed by atoms with Crippen molar-refractivity contribution in [1.82, 2.24) is 10.2 Å². The van der Waals surface area contributed by atoms with Gasteiger partial charge in [0.25, 0.3) is 0 Å². The van der Waals surface area contributed by atoms with E-state index in [1.54, 1.807) is 24.3 Å². The Hall–Kier alpha value is -2.17. The number of nitrogens with one attached hydrogen (secondary N) is 1. The maximum atomic E-state index is 12.5. The first-order valence-electron chi connectivity index (χ1n) is 10.2. The molecule has 1 aromatic rings. The Morgan fingerprint density at radius 1 is 1.16 bits per heavy atom. The maximum absolute atomic E-state index is 12.5. The van der Waals surface area contributed by atoms with Gasteiger partial charge in [-0.2, -0.15) is 0 Å². The van der Waals surface area contributed by atoms with Crippen molar-refractivity contribution in [2.24, 2.45) is 0 Å². The fraction of sp³-hybridized carbons (Fsp3) is 0.571. The second-order valence-corrected chi connectivity index (χ2v) is 9.27. The Kier molecular flexibility index (Phi) is 5.98. The van der Waals surface area contributed by atoms with Crippen LogP contribution in [0.1, 0.15) is 42.5 Å². The zero-order valence-corrected chi connectivity index (χ0v) is 17.7. The number of Topliss-reactive ketones (excluding diaryl/α,β-unsaturated/α-hetero) is 1. The highest BCUT2D eigenvalue weighted by Gasteiger charge is 2.71. The highest BCUT2D eigenvalue weighted by atomic mass is 35.5. The van der Waals surface area contributed by atoms with Crippen LogP contribution in [0.4, 0.5) is 13.2 Å². The lowest BCUT2D eigenvalue weighted by molar-refractivity contribution is -0.357. The number of nitrogens with zero attached hydrogens (tertiary/aromatic N) is 1. The van der Waals surface area contributed by atoms with E-state index < -0.39 is 29.6 Å². The van der Waals surface area contributed by atoms with Crippen LogP contribution in [0.5, 0.6) is 0 Å². The SMILES string of the molecule is O=CN(CC(=O)c1ccc(Cl)cc1)C12CC(NC(=O)COC3CC(OC(F)(F)F)C3)(C1)C2. The summed E-state index contributed by atoms with van der Waals surface area (Å²) in [4.78, 5) is 37.7. The minimum Gasteiger partial charge on any atom is -0.368 e. The molecule has 0 radical (unpaired) electrons. The molecule has 4 aliphatic carbocycles. The minimum atomic E-state index is -4.66. The first kappa shape index (κ1) is 23.0. The fourth-order valence-corrected chi connectivity index (χ4v) is 4.96. The molecule has 4 aliphatic rings. The largest absolute Gasteiger partial charge is 0.522 e. The summed E-state index contributed by atoms with van der Waals surface area (Å²) in [6, 6.07) is 6.44. The lowest BCUT2D eigenvalue weighted by Crippen LogP contribution is -2.84. The van der Waals surface area contributed by atoms with E-state index in [-0.39, 0.29) is 37.7 Å². The summed E-state index contributed by atoms with van der Waals surface area (Å²) < 4.78 is 45.6. The van der Waals surface area contributed by atoms with E-state index in [1.165, 1.54) is 4.90 Å². The van der Waals surface area contributed by atoms with Crippen molar-refractivity contribution in [3.8, 4) is 0 Å². The van der Waals surface area contributed by atoms with E-state index in [0.717, 1.165) is 0 Å². The molecule has 4 fully saturated rings. The van der Waals surface area contributed by atoms with E-state index in [9.17, 15) is 27.6 Å². The predicted molar refractivity (Wildman–Crippen MR) is 106 cm³/mol. The smallest absolute Gasteiger partial charge is 0.368 e. The van der Waals surface area contributed by atoms with Crippen LogP contribution in [0.25, 0.3) is 0 Å². The minimum absolute atomic E-state index is 0.0545. The van der Waals surface area contributed by atoms with Crippen molar-refractivity contribution in [3.05, 3.63) is 34.9 Å². The molecule has 2 bridgehead atoms. The van der Waals surface area contributed by atoms with Gasteiger partial charge in [0.2, 0.25) is 12.3 Å². The van der Waals surface area contributed by atoms with E-state index >= 15 is 0 Å². The van der Waals surface area contributed by atoms with Crippen LogP contribution in [0, 0.1) is 0 Å². The molecule has 1 aromatic carbocycles. The molecular formula is C21H22ClF3N2O5. The van der Waals surface area contributed by atoms with Crippen molar-refractivity contribution >= 4 is 29.7 Å². The van der Waals surface area contributed by atoms with Crippen LogP contribution in [0.15, 0.2) is 24.3 Å². The average Bonchev–Trinajstić information content (AvgIpc) is 2.63. The molecule has 5 rings (SSSR count). The number of benzene rings is 1. The van der Waals surface area contributed by atoms with Gasteiger partial charge in [-0.15, -0.1) is 13.2 Å². The van der Waals surface area contributed by atoms with E-state index in [1.807, 2.05) is 0 Å². The number of rotatable bonds is 10. The highest BCUT2D eigenvalue weighted by Crippen LogP contribution is 2.63. The summed E-state index contributed by atoms with van der Waals surface area (Å²) in [6.07, 6.45) is -3.54. The van der Waals surface area contributed by atoms with Crippen LogP contribution in [0.2, 0.25) is 5.02 Å². The van der Waals surface area contributed by atoms with Crippen LogP contribution < -0.4 is 5.32 Å². The molecule has 0 saturated heterocycles. The third kappa shape index (κ3) is 4.77. The van der Waals surface area contributed by atoms with E-state index in [2.05, 4.69) is 10.1 Å². The van der Waals surface area contributed by atoms with E-state index in [0.29, 0.717) is 36.3 Å². The summed E-state index contributed by atoms with van der Waals surface area (Å²) in [6.45, 7) is -0.300. The van der Waals surface area contributed by atoms with Gasteiger partial charge in [-0.3, -0.25) is 19.1 Å². The van der Waals surface area contributed by atoms with Crippen molar-refractivity contribution in [2.75, 3.05) is 13.2 Å². The average molecular weight is 475 g/mol. The third-order valence-electron chi connectivity index (χ3n) is 6.43. The second kappa shape index (κ2) is 8.31. The molecule has 0 unspecified atom stereocenters. The standard InChI is InChI=1S/C21H22ClF3N2O5/c22-14-3-1-13(2-4-14)17(29)7-27(12-28)20-9-19(10-20,11-20)26-18(30)8-31-15-5-16(6-15)32-21(23,24)25/h1-4,12,15-16H,5-11H2,(H,26,30). The van der Waals surface area contributed by atoms with Crippen molar-refractivity contribution in [3.63, 3.8) is 0 Å². The van der Waals surface area contributed by atoms with Gasteiger partial charge < -0.3 is 15.0 Å². The van der Waals surface area contributed by atoms with Gasteiger partial charge in [0, 0.05) is 34.5 Å². The van der Waals surface area contributed by atoms with Gasteiger partial charge in [0.1, 0.15) is 6.61 Å². The molecule has 0 atom stereocenters. The van der Waals surface area contributed by atoms with Gasteiger partial charge in [0.15, 0.2) is 5.78 Å². The lowest BCUT2D eigenvalue weighted by atomic mass is 9.43. The number of halogens is 4. The number of ether oxygens (including phenoxy) is 2. The van der Waals surface area contributed by atoms with Crippen molar-refractivity contribution < 1.29 is 37.0 Å². The topological polar surface area (TPSA) is 84.9 Å². The zero-order chi connectivity index (χ0) is 23.1. The molecule has 0 aromatic heterocycles. The molecule has 0 aliphatic heterocycles. The number of carbonyl (C=O) groups excluding carboxylic acids is 3. The molecule has 174 valence electrons. The van der Waals surface area contributed by atoms with Crippen LogP contribution in [-0.2, 0) is 19.1 Å². The molecule has 0 heterocycles. The van der Waals surface area contributed by atoms with Gasteiger partial charge >= 0.3 is 6.36 Å². The number of alkyl halides is 3. The molecule has 7 nitrogen and oxygen atoms in total. The summed E-state index contributed by atoms with van der Waals surface area (Å²) >= 11 is 5.83. The maximum Gasteiger partial charge on any atom is 0.522 e. The summed E-state index contributed by atoms with van der Waals surface area (Å²) in [5, 5.41) is 3.40. The first-order chi connectivity index (χ1) is 15.0. The summed E-state index contributed by atoms with van der Waals surface area (Å²) in [7, 11) is 0. The van der Waals surface area contributed by atoms with Crippen LogP contribution >= 0.6 is 11.6 Å². The van der Waals surface area contributed by atoms with Crippen molar-refractivity contribution in [1.29, 1.82) is 0 Å². The number of carbonyl (C=O) groups is 3. The number of ketones is 1. The van der Waals surface area contributed by atoms with Gasteiger partial charge in [-0.1, -0.05) is 11.6 Å². The normalized spacial score (nSPS) is 30.4. The van der Waals surface area contributed by atoms with Gasteiger partial charge in [-0.05, 0) is 43.5 Å². The predicted octanol–water partition coefficient (Wildman–Crippen LogP) is 2.86. The number of hydrogen-bond donors (Lipinski definition) is 1. The lowest BCUT2D eigenvalue weighted by Gasteiger charge is -2.72. The van der Waals surface area contributed by atoms with Gasteiger partial charge in [-0.25, -0.2) is 0 Å². The Morgan fingerprint density at radius 3 is 2.34 bits per heavy atom. The molecule has 11 heteroatoms. The molecular weight excluding hydrogens is 453 g/mol. The number of amides is 2. The Bertz CT molecular complexity index is 882. The Balaban J connectivity index is 1.18. The molecule has 1 N–H and O–H groups in total. The van der Waals surface area contributed by atoms with Crippen molar-refractivity contribution in [2.45, 2.75) is 61.8 Å². The Morgan fingerprint density at radius 2 is 1.78 bits per heavy atom. The highest BCUT2D eigenvalue weighted by molar-refractivity contribution is 6.30.